The Hall–Kier alpha value is -0.650. The molecule has 1 aliphatic rings. The van der Waals surface area contributed by atoms with Crippen molar-refractivity contribution in [2.75, 3.05) is 6.54 Å². The van der Waals surface area contributed by atoms with Gasteiger partial charge in [0.2, 0.25) is 10.0 Å². The van der Waals surface area contributed by atoms with E-state index in [0.717, 1.165) is 12.8 Å². The Morgan fingerprint density at radius 3 is 2.76 bits per heavy atom. The van der Waals surface area contributed by atoms with E-state index in [0.29, 0.717) is 12.5 Å². The van der Waals surface area contributed by atoms with Crippen LogP contribution in [0.2, 0.25) is 5.02 Å². The number of rotatable bonds is 4. The first-order valence-electron chi connectivity index (χ1n) is 5.69. The van der Waals surface area contributed by atoms with E-state index >= 15 is 0 Å². The molecule has 1 aromatic heterocycles. The van der Waals surface area contributed by atoms with E-state index in [9.17, 15) is 8.42 Å². The van der Waals surface area contributed by atoms with Gasteiger partial charge in [-0.2, -0.15) is 0 Å². The zero-order valence-electron chi connectivity index (χ0n) is 9.39. The van der Waals surface area contributed by atoms with Crippen LogP contribution in [0.3, 0.4) is 0 Å². The quantitative estimate of drug-likeness (QED) is 0.916. The molecular formula is C11H15ClN2O2S. The molecule has 0 aromatic carbocycles. The van der Waals surface area contributed by atoms with E-state index in [1.807, 2.05) is 0 Å². The van der Waals surface area contributed by atoms with Crippen molar-refractivity contribution in [2.45, 2.75) is 30.6 Å². The number of hydrogen-bond donors (Lipinski definition) is 1. The minimum absolute atomic E-state index is 0.0552. The molecule has 0 atom stereocenters. The number of halogens is 1. The van der Waals surface area contributed by atoms with Crippen molar-refractivity contribution < 1.29 is 8.42 Å². The summed E-state index contributed by atoms with van der Waals surface area (Å²) in [4.78, 5) is 3.84. The highest BCUT2D eigenvalue weighted by molar-refractivity contribution is 7.89. The van der Waals surface area contributed by atoms with Crippen LogP contribution in [0.25, 0.3) is 0 Å². The van der Waals surface area contributed by atoms with Crippen LogP contribution in [0, 0.1) is 5.92 Å². The Kier molecular flexibility index (Phi) is 4.01. The van der Waals surface area contributed by atoms with Crippen molar-refractivity contribution in [3.63, 3.8) is 0 Å². The van der Waals surface area contributed by atoms with Crippen LogP contribution < -0.4 is 4.72 Å². The molecule has 1 fully saturated rings. The molecule has 0 aliphatic heterocycles. The summed E-state index contributed by atoms with van der Waals surface area (Å²) < 4.78 is 26.6. The minimum atomic E-state index is -3.52. The van der Waals surface area contributed by atoms with Gasteiger partial charge in [0.15, 0.2) is 0 Å². The van der Waals surface area contributed by atoms with Crippen molar-refractivity contribution in [3.8, 4) is 0 Å². The van der Waals surface area contributed by atoms with Crippen LogP contribution >= 0.6 is 11.6 Å². The van der Waals surface area contributed by atoms with E-state index < -0.39 is 10.0 Å². The van der Waals surface area contributed by atoms with Gasteiger partial charge in [-0.05, 0) is 24.8 Å². The number of pyridine rings is 1. The number of hydrogen-bond acceptors (Lipinski definition) is 3. The van der Waals surface area contributed by atoms with Crippen LogP contribution in [0.1, 0.15) is 25.7 Å². The maximum Gasteiger partial charge on any atom is 0.243 e. The third-order valence-corrected chi connectivity index (χ3v) is 4.95. The molecule has 0 amide bonds. The van der Waals surface area contributed by atoms with Gasteiger partial charge in [-0.25, -0.2) is 13.1 Å². The summed E-state index contributed by atoms with van der Waals surface area (Å²) in [6, 6.07) is 1.48. The highest BCUT2D eigenvalue weighted by atomic mass is 35.5. The summed E-state index contributed by atoms with van der Waals surface area (Å²) in [6.45, 7) is 0.494. The van der Waals surface area contributed by atoms with Gasteiger partial charge < -0.3 is 0 Å². The molecule has 1 heterocycles. The van der Waals surface area contributed by atoms with Crippen LogP contribution in [0.15, 0.2) is 23.4 Å². The second-order valence-corrected chi connectivity index (χ2v) is 6.45. The summed E-state index contributed by atoms with van der Waals surface area (Å²) in [5.74, 6) is 0.459. The second kappa shape index (κ2) is 5.33. The first-order valence-corrected chi connectivity index (χ1v) is 7.55. The lowest BCUT2D eigenvalue weighted by atomic mass is 10.1. The van der Waals surface area contributed by atoms with Crippen molar-refractivity contribution in [1.29, 1.82) is 0 Å². The van der Waals surface area contributed by atoms with E-state index in [1.54, 1.807) is 0 Å². The monoisotopic (exact) mass is 274 g/mol. The van der Waals surface area contributed by atoms with Crippen molar-refractivity contribution in [2.24, 2.45) is 5.92 Å². The lowest BCUT2D eigenvalue weighted by molar-refractivity contribution is 0.519. The number of sulfonamides is 1. The average Bonchev–Trinajstić information content (AvgIpc) is 2.80. The predicted molar refractivity (Wildman–Crippen MR) is 66.4 cm³/mol. The average molecular weight is 275 g/mol. The molecule has 0 radical (unpaired) electrons. The zero-order valence-corrected chi connectivity index (χ0v) is 11.0. The molecule has 1 N–H and O–H groups in total. The fourth-order valence-electron chi connectivity index (χ4n) is 2.08. The molecule has 0 unspecified atom stereocenters. The van der Waals surface area contributed by atoms with E-state index in [-0.39, 0.29) is 9.92 Å². The van der Waals surface area contributed by atoms with Gasteiger partial charge in [-0.3, -0.25) is 4.98 Å². The number of nitrogens with one attached hydrogen (secondary N) is 1. The topological polar surface area (TPSA) is 59.1 Å². The van der Waals surface area contributed by atoms with Crippen LogP contribution in [0.4, 0.5) is 0 Å². The van der Waals surface area contributed by atoms with Crippen LogP contribution in [-0.2, 0) is 10.0 Å². The fraction of sp³-hybridized carbons (Fsp3) is 0.545. The van der Waals surface area contributed by atoms with Gasteiger partial charge in [0.1, 0.15) is 4.90 Å². The molecule has 1 saturated carbocycles. The molecule has 1 aliphatic carbocycles. The van der Waals surface area contributed by atoms with Gasteiger partial charge in [0.05, 0.1) is 5.02 Å². The SMILES string of the molecule is O=S(=O)(NCC1CCCC1)c1cnccc1Cl. The summed E-state index contributed by atoms with van der Waals surface area (Å²) in [7, 11) is -3.52. The Morgan fingerprint density at radius 1 is 1.41 bits per heavy atom. The molecule has 4 nitrogen and oxygen atoms in total. The summed E-state index contributed by atoms with van der Waals surface area (Å²) in [5.41, 5.74) is 0. The Morgan fingerprint density at radius 2 is 2.12 bits per heavy atom. The molecule has 0 bridgehead atoms. The van der Waals surface area contributed by atoms with E-state index in [1.165, 1.54) is 31.3 Å². The smallest absolute Gasteiger partial charge is 0.243 e. The first kappa shape index (κ1) is 12.8. The second-order valence-electron chi connectivity index (χ2n) is 4.31. The summed E-state index contributed by atoms with van der Waals surface area (Å²) in [6.07, 6.45) is 7.34. The third kappa shape index (κ3) is 3.18. The van der Waals surface area contributed by atoms with Gasteiger partial charge in [0, 0.05) is 18.9 Å². The highest BCUT2D eigenvalue weighted by Crippen LogP contribution is 2.25. The molecule has 94 valence electrons. The largest absolute Gasteiger partial charge is 0.263 e. The molecule has 17 heavy (non-hydrogen) atoms. The Labute approximate surface area is 106 Å². The predicted octanol–water partition coefficient (Wildman–Crippen LogP) is 2.20. The van der Waals surface area contributed by atoms with E-state index in [4.69, 9.17) is 11.6 Å². The normalized spacial score (nSPS) is 17.5. The number of nitrogens with zero attached hydrogens (tertiary/aromatic N) is 1. The maximum absolute atomic E-state index is 12.0. The van der Waals surface area contributed by atoms with Crippen LogP contribution in [0.5, 0.6) is 0 Å². The Bertz CT molecular complexity index is 484. The summed E-state index contributed by atoms with van der Waals surface area (Å²) in [5, 5.41) is 0.207. The lowest BCUT2D eigenvalue weighted by Gasteiger charge is -2.11. The zero-order chi connectivity index (χ0) is 12.3. The van der Waals surface area contributed by atoms with Crippen molar-refractivity contribution >= 4 is 21.6 Å². The van der Waals surface area contributed by atoms with Gasteiger partial charge >= 0.3 is 0 Å². The molecule has 0 spiro atoms. The third-order valence-electron chi connectivity index (χ3n) is 3.06. The maximum atomic E-state index is 12.0. The van der Waals surface area contributed by atoms with Gasteiger partial charge in [-0.15, -0.1) is 0 Å². The highest BCUT2D eigenvalue weighted by Gasteiger charge is 2.21. The minimum Gasteiger partial charge on any atom is -0.263 e. The van der Waals surface area contributed by atoms with Crippen LogP contribution in [-0.4, -0.2) is 19.9 Å². The summed E-state index contributed by atoms with van der Waals surface area (Å²) >= 11 is 5.85. The fourth-order valence-corrected chi connectivity index (χ4v) is 3.63. The van der Waals surface area contributed by atoms with E-state index in [2.05, 4.69) is 9.71 Å². The molecule has 1 aromatic rings. The van der Waals surface area contributed by atoms with Crippen molar-refractivity contribution in [1.82, 2.24) is 9.71 Å². The van der Waals surface area contributed by atoms with Gasteiger partial charge in [0.25, 0.3) is 0 Å². The Balaban J connectivity index is 2.06. The lowest BCUT2D eigenvalue weighted by Crippen LogP contribution is -2.28. The molecule has 2 rings (SSSR count). The number of aromatic nitrogens is 1. The first-order chi connectivity index (χ1) is 8.09. The standard InChI is InChI=1S/C11H15ClN2O2S/c12-10-5-6-13-8-11(10)17(15,16)14-7-9-3-1-2-4-9/h5-6,8-9,14H,1-4,7H2. The molecular weight excluding hydrogens is 260 g/mol. The van der Waals surface area contributed by atoms with Crippen molar-refractivity contribution in [3.05, 3.63) is 23.5 Å². The molecule has 0 saturated heterocycles. The molecule has 6 heteroatoms. The van der Waals surface area contributed by atoms with Gasteiger partial charge in [-0.1, -0.05) is 24.4 Å².